The van der Waals surface area contributed by atoms with Crippen molar-refractivity contribution in [2.24, 2.45) is 0 Å². The summed E-state index contributed by atoms with van der Waals surface area (Å²) in [6.07, 6.45) is -0.0369. The standard InChI is InChI=1S/C25H30F3N3O3.C6H4ClNO/c1-4-30(21-7-10-33-11-8-21)23-18(6-5-9-29-23)15-31-17(3)22(34-24(31)32)19-12-16(2)13-20(14-19)25(26,27)28;7-6-5(4-9)2-1-3-8-6/h5-6,9,12-14,17,21-22H,4,7-8,10-11,15H2,1-3H3;1-4H/t17-,22-;/m0./s1. The number of pyridine rings is 2. The number of aryl methyl sites for hydroxylation is 1. The van der Waals surface area contributed by atoms with Crippen molar-refractivity contribution in [2.45, 2.75) is 64.5 Å². The highest BCUT2D eigenvalue weighted by Crippen LogP contribution is 2.38. The Morgan fingerprint density at radius 3 is 2.44 bits per heavy atom. The van der Waals surface area contributed by atoms with Gasteiger partial charge in [0.1, 0.15) is 17.1 Å². The summed E-state index contributed by atoms with van der Waals surface area (Å²) in [7, 11) is 0. The van der Waals surface area contributed by atoms with Gasteiger partial charge in [0, 0.05) is 43.8 Å². The van der Waals surface area contributed by atoms with Crippen molar-refractivity contribution in [3.05, 3.63) is 87.8 Å². The number of carbonyl (C=O) groups is 2. The summed E-state index contributed by atoms with van der Waals surface area (Å²) >= 11 is 5.48. The van der Waals surface area contributed by atoms with Crippen LogP contribution in [0, 0.1) is 6.92 Å². The van der Waals surface area contributed by atoms with Crippen LogP contribution in [0.25, 0.3) is 0 Å². The Morgan fingerprint density at radius 1 is 1.12 bits per heavy atom. The second kappa shape index (κ2) is 14.2. The molecule has 43 heavy (non-hydrogen) atoms. The van der Waals surface area contributed by atoms with E-state index in [9.17, 15) is 22.8 Å². The van der Waals surface area contributed by atoms with Crippen LogP contribution >= 0.6 is 11.6 Å². The van der Waals surface area contributed by atoms with Gasteiger partial charge >= 0.3 is 12.3 Å². The summed E-state index contributed by atoms with van der Waals surface area (Å²) in [5.41, 5.74) is 1.38. The second-order valence-corrected chi connectivity index (χ2v) is 10.8. The lowest BCUT2D eigenvalue weighted by Gasteiger charge is -2.36. The Labute approximate surface area is 253 Å². The minimum absolute atomic E-state index is 0.257. The third-order valence-corrected chi connectivity index (χ3v) is 7.83. The molecule has 2 fully saturated rings. The van der Waals surface area contributed by atoms with E-state index in [-0.39, 0.29) is 11.7 Å². The summed E-state index contributed by atoms with van der Waals surface area (Å²) in [6, 6.07) is 10.7. The van der Waals surface area contributed by atoms with Crippen LogP contribution in [0.1, 0.15) is 65.4 Å². The number of hydrogen-bond donors (Lipinski definition) is 0. The Balaban J connectivity index is 0.000000403. The molecule has 3 aromatic rings. The van der Waals surface area contributed by atoms with Crippen LogP contribution in [0.2, 0.25) is 5.15 Å². The number of alkyl halides is 3. The molecule has 2 saturated heterocycles. The molecule has 12 heteroatoms. The van der Waals surface area contributed by atoms with Gasteiger partial charge in [-0.15, -0.1) is 0 Å². The predicted molar refractivity (Wildman–Crippen MR) is 156 cm³/mol. The van der Waals surface area contributed by atoms with E-state index in [4.69, 9.17) is 21.1 Å². The fraction of sp³-hybridized carbons (Fsp3) is 0.419. The molecular weight excluding hydrogens is 585 g/mol. The molecule has 0 aliphatic carbocycles. The number of aldehydes is 1. The maximum atomic E-state index is 13.3. The number of halogens is 4. The van der Waals surface area contributed by atoms with Gasteiger partial charge < -0.3 is 14.4 Å². The van der Waals surface area contributed by atoms with E-state index in [0.29, 0.717) is 42.2 Å². The fourth-order valence-electron chi connectivity index (χ4n) is 5.36. The number of benzene rings is 1. The topological polar surface area (TPSA) is 84.9 Å². The van der Waals surface area contributed by atoms with Gasteiger partial charge in [-0.25, -0.2) is 14.8 Å². The number of rotatable bonds is 7. The third-order valence-electron chi connectivity index (χ3n) is 7.52. The third kappa shape index (κ3) is 7.83. The summed E-state index contributed by atoms with van der Waals surface area (Å²) in [5.74, 6) is 0.815. The van der Waals surface area contributed by atoms with E-state index in [0.717, 1.165) is 42.9 Å². The molecule has 8 nitrogen and oxygen atoms in total. The summed E-state index contributed by atoms with van der Waals surface area (Å²) in [5, 5.41) is 0.257. The Morgan fingerprint density at radius 2 is 1.81 bits per heavy atom. The van der Waals surface area contributed by atoms with Gasteiger partial charge in [0.2, 0.25) is 0 Å². The van der Waals surface area contributed by atoms with E-state index >= 15 is 0 Å². The van der Waals surface area contributed by atoms with Crippen LogP contribution in [0.5, 0.6) is 0 Å². The average Bonchev–Trinajstić information content (AvgIpc) is 3.27. The van der Waals surface area contributed by atoms with E-state index in [1.165, 1.54) is 6.20 Å². The monoisotopic (exact) mass is 618 g/mol. The minimum Gasteiger partial charge on any atom is -0.439 e. The smallest absolute Gasteiger partial charge is 0.416 e. The van der Waals surface area contributed by atoms with Crippen molar-refractivity contribution in [1.82, 2.24) is 14.9 Å². The molecule has 0 unspecified atom stereocenters. The molecule has 1 amide bonds. The molecule has 0 N–H and O–H groups in total. The number of cyclic esters (lactones) is 1. The Kier molecular flexibility index (Phi) is 10.6. The van der Waals surface area contributed by atoms with Gasteiger partial charge in [-0.05, 0) is 69.5 Å². The molecule has 0 radical (unpaired) electrons. The van der Waals surface area contributed by atoms with E-state index in [2.05, 4.69) is 21.8 Å². The molecule has 1 aromatic carbocycles. The molecule has 0 saturated carbocycles. The van der Waals surface area contributed by atoms with E-state index in [1.54, 1.807) is 43.1 Å². The molecule has 2 atom stereocenters. The van der Waals surface area contributed by atoms with Crippen LogP contribution < -0.4 is 4.90 Å². The van der Waals surface area contributed by atoms with Crippen molar-refractivity contribution < 1.29 is 32.2 Å². The number of anilines is 1. The minimum atomic E-state index is -4.47. The molecule has 2 aromatic heterocycles. The van der Waals surface area contributed by atoms with Gasteiger partial charge in [-0.1, -0.05) is 29.3 Å². The second-order valence-electron chi connectivity index (χ2n) is 10.4. The van der Waals surface area contributed by atoms with Crippen molar-refractivity contribution in [1.29, 1.82) is 0 Å². The molecule has 2 aliphatic rings. The molecular formula is C31H34ClF3N4O4. The first-order chi connectivity index (χ1) is 20.5. The highest BCUT2D eigenvalue weighted by molar-refractivity contribution is 6.31. The first-order valence-corrected chi connectivity index (χ1v) is 14.4. The average molecular weight is 619 g/mol. The van der Waals surface area contributed by atoms with Crippen LogP contribution in [-0.4, -0.2) is 59.1 Å². The Bertz CT molecular complexity index is 1420. The van der Waals surface area contributed by atoms with Crippen LogP contribution in [0.3, 0.4) is 0 Å². The SMILES string of the molecule is CCN(c1ncccc1CN1C(=O)O[C@H](c2cc(C)cc(C(F)(F)F)c2)[C@@H]1C)C1CCOCC1.O=Cc1cccnc1Cl. The summed E-state index contributed by atoms with van der Waals surface area (Å²) in [6.45, 7) is 7.92. The number of aromatic nitrogens is 2. The van der Waals surface area contributed by atoms with Crippen LogP contribution in [0.15, 0.2) is 54.9 Å². The molecule has 5 rings (SSSR count). The quantitative estimate of drug-likeness (QED) is 0.207. The van der Waals surface area contributed by atoms with Gasteiger partial charge in [0.15, 0.2) is 6.29 Å². The summed E-state index contributed by atoms with van der Waals surface area (Å²) < 4.78 is 51.1. The molecule has 0 bridgehead atoms. The van der Waals surface area contributed by atoms with Crippen molar-refractivity contribution >= 4 is 29.8 Å². The lowest BCUT2D eigenvalue weighted by atomic mass is 9.98. The first kappa shape index (κ1) is 32.2. The maximum absolute atomic E-state index is 13.3. The predicted octanol–water partition coefficient (Wildman–Crippen LogP) is 7.04. The highest BCUT2D eigenvalue weighted by Gasteiger charge is 2.41. The summed E-state index contributed by atoms with van der Waals surface area (Å²) in [4.78, 5) is 35.1. The van der Waals surface area contributed by atoms with Crippen molar-refractivity contribution in [2.75, 3.05) is 24.7 Å². The van der Waals surface area contributed by atoms with Crippen LogP contribution in [-0.2, 0) is 22.2 Å². The highest BCUT2D eigenvalue weighted by atomic mass is 35.5. The number of carbonyl (C=O) groups excluding carboxylic acids is 2. The van der Waals surface area contributed by atoms with Gasteiger partial charge in [0.25, 0.3) is 0 Å². The van der Waals surface area contributed by atoms with Crippen molar-refractivity contribution in [3.8, 4) is 0 Å². The van der Waals surface area contributed by atoms with Gasteiger partial charge in [-0.2, -0.15) is 13.2 Å². The van der Waals surface area contributed by atoms with E-state index in [1.807, 2.05) is 12.1 Å². The van der Waals surface area contributed by atoms with Gasteiger partial charge in [-0.3, -0.25) is 9.69 Å². The zero-order chi connectivity index (χ0) is 31.1. The zero-order valence-corrected chi connectivity index (χ0v) is 24.9. The molecule has 0 spiro atoms. The number of amides is 1. The first-order valence-electron chi connectivity index (χ1n) is 14.0. The van der Waals surface area contributed by atoms with Gasteiger partial charge in [0.05, 0.1) is 23.7 Å². The van der Waals surface area contributed by atoms with E-state index < -0.39 is 30.0 Å². The number of ether oxygens (including phenoxy) is 2. The zero-order valence-electron chi connectivity index (χ0n) is 24.2. The normalized spacial score (nSPS) is 19.0. The van der Waals surface area contributed by atoms with Crippen molar-refractivity contribution in [3.63, 3.8) is 0 Å². The fourth-order valence-corrected chi connectivity index (χ4v) is 5.52. The number of nitrogens with zero attached hydrogens (tertiary/aromatic N) is 4. The molecule has 2 aliphatic heterocycles. The Hall–Kier alpha value is -3.70. The van der Waals surface area contributed by atoms with Crippen LogP contribution in [0.4, 0.5) is 23.8 Å². The number of hydrogen-bond acceptors (Lipinski definition) is 7. The maximum Gasteiger partial charge on any atom is 0.416 e. The largest absolute Gasteiger partial charge is 0.439 e. The molecule has 4 heterocycles. The lowest BCUT2D eigenvalue weighted by molar-refractivity contribution is -0.137. The lowest BCUT2D eigenvalue weighted by Crippen LogP contribution is -2.41. The molecule has 230 valence electrons.